The average Bonchev–Trinajstić information content (AvgIpc) is 2.46. The Kier molecular flexibility index (Phi) is 2.34. The molecule has 0 radical (unpaired) electrons. The second kappa shape index (κ2) is 4.06. The molecule has 0 bridgehead atoms. The highest BCUT2D eigenvalue weighted by molar-refractivity contribution is 6.00. The first-order chi connectivity index (χ1) is 9.33. The van der Waals surface area contributed by atoms with Gasteiger partial charge in [-0.2, -0.15) is 0 Å². The van der Waals surface area contributed by atoms with Crippen LogP contribution in [0.15, 0.2) is 42.5 Å². The summed E-state index contributed by atoms with van der Waals surface area (Å²) in [6.45, 7) is 0. The van der Waals surface area contributed by atoms with E-state index in [1.54, 1.807) is 12.1 Å². The maximum absolute atomic E-state index is 13.9. The molecular formula is C18H15F. The zero-order chi connectivity index (χ0) is 12.8. The number of aryl methyl sites for hydroxylation is 2. The number of rotatable bonds is 0. The summed E-state index contributed by atoms with van der Waals surface area (Å²) in [6, 6.07) is 13.9. The smallest absolute Gasteiger partial charge is 0.131 e. The first-order valence-corrected chi connectivity index (χ1v) is 6.96. The van der Waals surface area contributed by atoms with Crippen molar-refractivity contribution < 1.29 is 4.39 Å². The third kappa shape index (κ3) is 1.65. The Labute approximate surface area is 111 Å². The molecule has 0 amide bonds. The quantitative estimate of drug-likeness (QED) is 0.492. The summed E-state index contributed by atoms with van der Waals surface area (Å²) in [4.78, 5) is 0. The second-order valence-corrected chi connectivity index (χ2v) is 5.44. The Morgan fingerprint density at radius 2 is 1.63 bits per heavy atom. The van der Waals surface area contributed by atoms with Gasteiger partial charge in [0.25, 0.3) is 0 Å². The van der Waals surface area contributed by atoms with Gasteiger partial charge in [0.1, 0.15) is 5.82 Å². The maximum atomic E-state index is 13.9. The number of fused-ring (bicyclic) bond motifs is 4. The van der Waals surface area contributed by atoms with Gasteiger partial charge in [0.2, 0.25) is 0 Å². The van der Waals surface area contributed by atoms with Crippen LogP contribution in [0.3, 0.4) is 0 Å². The third-order valence-electron chi connectivity index (χ3n) is 4.30. The Hall–Kier alpha value is -1.89. The number of halogens is 1. The zero-order valence-electron chi connectivity index (χ0n) is 10.7. The molecular weight excluding hydrogens is 235 g/mol. The van der Waals surface area contributed by atoms with Gasteiger partial charge < -0.3 is 0 Å². The first-order valence-electron chi connectivity index (χ1n) is 6.96. The van der Waals surface area contributed by atoms with E-state index in [-0.39, 0.29) is 5.82 Å². The van der Waals surface area contributed by atoms with Crippen LogP contribution < -0.4 is 0 Å². The van der Waals surface area contributed by atoms with Gasteiger partial charge in [-0.15, -0.1) is 0 Å². The van der Waals surface area contributed by atoms with Crippen LogP contribution in [0.1, 0.15) is 24.0 Å². The van der Waals surface area contributed by atoms with Crippen LogP contribution >= 0.6 is 0 Å². The molecule has 0 aromatic heterocycles. The van der Waals surface area contributed by atoms with Crippen LogP contribution in [0.2, 0.25) is 0 Å². The minimum Gasteiger partial charge on any atom is -0.206 e. The van der Waals surface area contributed by atoms with Gasteiger partial charge in [-0.1, -0.05) is 24.3 Å². The van der Waals surface area contributed by atoms with Gasteiger partial charge >= 0.3 is 0 Å². The van der Waals surface area contributed by atoms with E-state index in [0.29, 0.717) is 0 Å². The van der Waals surface area contributed by atoms with Crippen molar-refractivity contribution in [3.8, 4) is 0 Å². The summed E-state index contributed by atoms with van der Waals surface area (Å²) in [5.74, 6) is -0.118. The minimum absolute atomic E-state index is 0.118. The molecule has 0 heterocycles. The first kappa shape index (κ1) is 11.0. The molecule has 0 aliphatic heterocycles. The molecule has 0 saturated heterocycles. The average molecular weight is 250 g/mol. The largest absolute Gasteiger partial charge is 0.206 e. The highest BCUT2D eigenvalue weighted by Crippen LogP contribution is 2.32. The van der Waals surface area contributed by atoms with Crippen molar-refractivity contribution in [2.45, 2.75) is 25.7 Å². The van der Waals surface area contributed by atoms with Crippen molar-refractivity contribution in [2.24, 2.45) is 0 Å². The predicted molar refractivity (Wildman–Crippen MR) is 78.1 cm³/mol. The third-order valence-corrected chi connectivity index (χ3v) is 4.30. The molecule has 4 rings (SSSR count). The van der Waals surface area contributed by atoms with Crippen LogP contribution in [-0.4, -0.2) is 0 Å². The van der Waals surface area contributed by atoms with Crippen LogP contribution in [-0.2, 0) is 12.8 Å². The van der Waals surface area contributed by atoms with Crippen LogP contribution in [0.4, 0.5) is 4.39 Å². The van der Waals surface area contributed by atoms with E-state index in [0.717, 1.165) is 17.2 Å². The zero-order valence-corrected chi connectivity index (χ0v) is 10.7. The molecule has 0 spiro atoms. The molecule has 1 aliphatic rings. The molecule has 0 saturated carbocycles. The molecule has 3 aromatic carbocycles. The second-order valence-electron chi connectivity index (χ2n) is 5.44. The molecule has 94 valence electrons. The highest BCUT2D eigenvalue weighted by atomic mass is 19.1. The topological polar surface area (TPSA) is 0 Å². The van der Waals surface area contributed by atoms with Crippen molar-refractivity contribution in [3.63, 3.8) is 0 Å². The molecule has 0 N–H and O–H groups in total. The molecule has 19 heavy (non-hydrogen) atoms. The highest BCUT2D eigenvalue weighted by Gasteiger charge is 2.13. The van der Waals surface area contributed by atoms with Gasteiger partial charge in [0.15, 0.2) is 0 Å². The van der Waals surface area contributed by atoms with E-state index in [1.807, 2.05) is 12.1 Å². The molecule has 1 heteroatoms. The Bertz CT molecular complexity index is 786. The predicted octanol–water partition coefficient (Wildman–Crippen LogP) is 5.01. The van der Waals surface area contributed by atoms with E-state index >= 15 is 0 Å². The Morgan fingerprint density at radius 1 is 0.789 bits per heavy atom. The fourth-order valence-electron chi connectivity index (χ4n) is 3.31. The fraction of sp³-hybridized carbons (Fsp3) is 0.222. The Morgan fingerprint density at radius 3 is 2.58 bits per heavy atom. The van der Waals surface area contributed by atoms with E-state index in [2.05, 4.69) is 18.2 Å². The van der Waals surface area contributed by atoms with Crippen molar-refractivity contribution in [1.82, 2.24) is 0 Å². The lowest BCUT2D eigenvalue weighted by Gasteiger charge is -2.18. The number of benzene rings is 3. The monoisotopic (exact) mass is 250 g/mol. The van der Waals surface area contributed by atoms with Crippen molar-refractivity contribution in [2.75, 3.05) is 0 Å². The molecule has 3 aromatic rings. The summed E-state index contributed by atoms with van der Waals surface area (Å²) in [5, 5.41) is 4.21. The van der Waals surface area contributed by atoms with Crippen LogP contribution in [0, 0.1) is 5.82 Å². The normalized spacial score (nSPS) is 14.8. The van der Waals surface area contributed by atoms with Crippen LogP contribution in [0.5, 0.6) is 0 Å². The van der Waals surface area contributed by atoms with E-state index < -0.39 is 0 Å². The van der Waals surface area contributed by atoms with Crippen molar-refractivity contribution in [3.05, 3.63) is 59.4 Å². The van der Waals surface area contributed by atoms with E-state index in [4.69, 9.17) is 0 Å². The minimum atomic E-state index is -0.118. The Balaban J connectivity index is 2.13. The summed E-state index contributed by atoms with van der Waals surface area (Å²) in [7, 11) is 0. The van der Waals surface area contributed by atoms with E-state index in [9.17, 15) is 4.39 Å². The standard InChI is InChI=1S/C18H15F/c19-18-7-3-5-13-10-14-9-8-12-4-1-2-6-15(12)16(14)11-17(13)18/h3,5,7-11H,1-2,4,6H2. The maximum Gasteiger partial charge on any atom is 0.131 e. The SMILES string of the molecule is Fc1cccc2cc3ccc4c(c3cc12)CCCC4. The van der Waals surface area contributed by atoms with Gasteiger partial charge in [-0.25, -0.2) is 4.39 Å². The van der Waals surface area contributed by atoms with Crippen LogP contribution in [0.25, 0.3) is 21.5 Å². The van der Waals surface area contributed by atoms with Gasteiger partial charge in [0, 0.05) is 5.39 Å². The summed E-state index contributed by atoms with van der Waals surface area (Å²) >= 11 is 0. The van der Waals surface area contributed by atoms with E-state index in [1.165, 1.54) is 41.2 Å². The van der Waals surface area contributed by atoms with Gasteiger partial charge in [-0.3, -0.25) is 0 Å². The van der Waals surface area contributed by atoms with Crippen molar-refractivity contribution >= 4 is 21.5 Å². The van der Waals surface area contributed by atoms with Gasteiger partial charge in [-0.05, 0) is 71.2 Å². The van der Waals surface area contributed by atoms with Gasteiger partial charge in [0.05, 0.1) is 0 Å². The lowest BCUT2D eigenvalue weighted by atomic mass is 9.87. The lowest BCUT2D eigenvalue weighted by Crippen LogP contribution is -2.03. The molecule has 0 unspecified atom stereocenters. The number of hydrogen-bond donors (Lipinski definition) is 0. The van der Waals surface area contributed by atoms with Crippen molar-refractivity contribution in [1.29, 1.82) is 0 Å². The summed E-state index contributed by atoms with van der Waals surface area (Å²) in [6.07, 6.45) is 4.83. The lowest BCUT2D eigenvalue weighted by molar-refractivity contribution is 0.640. The molecule has 1 aliphatic carbocycles. The molecule has 0 nitrogen and oxygen atoms in total. The summed E-state index contributed by atoms with van der Waals surface area (Å²) in [5.41, 5.74) is 2.89. The molecule has 0 fully saturated rings. The fourth-order valence-corrected chi connectivity index (χ4v) is 3.31. The molecule has 0 atom stereocenters. The number of hydrogen-bond acceptors (Lipinski definition) is 0. The summed E-state index contributed by atoms with van der Waals surface area (Å²) < 4.78 is 13.9.